The highest BCUT2D eigenvalue weighted by molar-refractivity contribution is 8.00. The Balaban J connectivity index is 2.19. The molecule has 0 aliphatic carbocycles. The van der Waals surface area contributed by atoms with E-state index < -0.39 is 4.92 Å². The SMILES string of the molecule is CC(C)OCCCNC(=O)CSc1ccc([N+](=O)[O-])cc1. The predicted molar refractivity (Wildman–Crippen MR) is 82.5 cm³/mol. The van der Waals surface area contributed by atoms with E-state index in [9.17, 15) is 14.9 Å². The number of carbonyl (C=O) groups is 1. The third-order valence-electron chi connectivity index (χ3n) is 2.51. The largest absolute Gasteiger partial charge is 0.379 e. The lowest BCUT2D eigenvalue weighted by Gasteiger charge is -2.08. The van der Waals surface area contributed by atoms with Crippen LogP contribution in [0.25, 0.3) is 0 Å². The number of non-ortho nitro benzene ring substituents is 1. The first-order valence-corrected chi connectivity index (χ1v) is 7.73. The summed E-state index contributed by atoms with van der Waals surface area (Å²) in [4.78, 5) is 22.5. The predicted octanol–water partition coefficient (Wildman–Crippen LogP) is 2.62. The Hall–Kier alpha value is -1.60. The van der Waals surface area contributed by atoms with Crippen molar-refractivity contribution < 1.29 is 14.5 Å². The molecule has 0 aliphatic rings. The van der Waals surface area contributed by atoms with Crippen LogP contribution < -0.4 is 5.32 Å². The smallest absolute Gasteiger partial charge is 0.269 e. The van der Waals surface area contributed by atoms with E-state index in [0.717, 1.165) is 11.3 Å². The van der Waals surface area contributed by atoms with Crippen molar-refractivity contribution in [3.05, 3.63) is 34.4 Å². The number of nitro benzene ring substituents is 1. The molecule has 7 heteroatoms. The minimum atomic E-state index is -0.444. The number of amides is 1. The second kappa shape index (κ2) is 9.36. The van der Waals surface area contributed by atoms with E-state index in [1.54, 1.807) is 12.1 Å². The second-order valence-electron chi connectivity index (χ2n) is 4.66. The molecule has 0 saturated heterocycles. The summed E-state index contributed by atoms with van der Waals surface area (Å²) in [6.07, 6.45) is 0.991. The number of nitro groups is 1. The van der Waals surface area contributed by atoms with Gasteiger partial charge in [-0.05, 0) is 32.4 Å². The zero-order valence-corrected chi connectivity index (χ0v) is 13.0. The number of ether oxygens (including phenoxy) is 1. The summed E-state index contributed by atoms with van der Waals surface area (Å²) < 4.78 is 5.37. The number of carbonyl (C=O) groups excluding carboxylic acids is 1. The van der Waals surface area contributed by atoms with Gasteiger partial charge in [-0.1, -0.05) is 0 Å². The molecule has 1 N–H and O–H groups in total. The topological polar surface area (TPSA) is 81.5 Å². The Morgan fingerprint density at radius 2 is 2.05 bits per heavy atom. The molecule has 1 rings (SSSR count). The van der Waals surface area contributed by atoms with E-state index >= 15 is 0 Å². The summed E-state index contributed by atoms with van der Waals surface area (Å²) in [5.74, 6) is 0.242. The van der Waals surface area contributed by atoms with E-state index in [2.05, 4.69) is 5.32 Å². The number of nitrogens with one attached hydrogen (secondary N) is 1. The molecule has 21 heavy (non-hydrogen) atoms. The van der Waals surface area contributed by atoms with E-state index in [1.807, 2.05) is 13.8 Å². The van der Waals surface area contributed by atoms with Crippen LogP contribution in [0.1, 0.15) is 20.3 Å². The Bertz CT molecular complexity index is 463. The normalized spacial score (nSPS) is 10.6. The molecule has 0 bridgehead atoms. The molecule has 0 atom stereocenters. The fourth-order valence-corrected chi connectivity index (χ4v) is 2.21. The molecular formula is C14H20N2O4S. The van der Waals surface area contributed by atoms with Crippen molar-refractivity contribution in [3.8, 4) is 0 Å². The van der Waals surface area contributed by atoms with Crippen LogP contribution in [0.4, 0.5) is 5.69 Å². The maximum Gasteiger partial charge on any atom is 0.269 e. The second-order valence-corrected chi connectivity index (χ2v) is 5.71. The molecule has 0 spiro atoms. The van der Waals surface area contributed by atoms with Crippen molar-refractivity contribution in [1.82, 2.24) is 5.32 Å². The Morgan fingerprint density at radius 1 is 1.38 bits per heavy atom. The molecule has 0 heterocycles. The van der Waals surface area contributed by atoms with Gasteiger partial charge in [0.25, 0.3) is 5.69 Å². The van der Waals surface area contributed by atoms with Crippen LogP contribution in [0.3, 0.4) is 0 Å². The zero-order chi connectivity index (χ0) is 15.7. The van der Waals surface area contributed by atoms with Gasteiger partial charge in [-0.25, -0.2) is 0 Å². The van der Waals surface area contributed by atoms with Crippen molar-refractivity contribution in [2.24, 2.45) is 0 Å². The lowest BCUT2D eigenvalue weighted by molar-refractivity contribution is -0.384. The molecule has 1 aromatic carbocycles. The molecule has 0 radical (unpaired) electrons. The van der Waals surface area contributed by atoms with Gasteiger partial charge in [-0.2, -0.15) is 0 Å². The average Bonchev–Trinajstić information content (AvgIpc) is 2.44. The fraction of sp³-hybridized carbons (Fsp3) is 0.500. The number of thioether (sulfide) groups is 1. The van der Waals surface area contributed by atoms with Gasteiger partial charge in [0.15, 0.2) is 0 Å². The van der Waals surface area contributed by atoms with Crippen LogP contribution in [0.15, 0.2) is 29.2 Å². The van der Waals surface area contributed by atoms with Crippen LogP contribution in [0, 0.1) is 10.1 Å². The highest BCUT2D eigenvalue weighted by Gasteiger charge is 2.06. The van der Waals surface area contributed by atoms with Gasteiger partial charge in [-0.3, -0.25) is 14.9 Å². The molecule has 6 nitrogen and oxygen atoms in total. The fourth-order valence-electron chi connectivity index (χ4n) is 1.48. The first kappa shape index (κ1) is 17.5. The van der Waals surface area contributed by atoms with E-state index in [0.29, 0.717) is 18.9 Å². The number of nitrogens with zero attached hydrogens (tertiary/aromatic N) is 1. The van der Waals surface area contributed by atoms with Crippen LogP contribution in [0.5, 0.6) is 0 Å². The van der Waals surface area contributed by atoms with E-state index in [-0.39, 0.29) is 17.7 Å². The number of hydrogen-bond acceptors (Lipinski definition) is 5. The molecule has 116 valence electrons. The summed E-state index contributed by atoms with van der Waals surface area (Å²) in [6.45, 7) is 5.17. The number of hydrogen-bond donors (Lipinski definition) is 1. The standard InChI is InChI=1S/C14H20N2O4S/c1-11(2)20-9-3-8-15-14(17)10-21-13-6-4-12(5-7-13)16(18)19/h4-7,11H,3,8-10H2,1-2H3,(H,15,17). The van der Waals surface area contributed by atoms with Crippen molar-refractivity contribution >= 4 is 23.4 Å². The summed E-state index contributed by atoms with van der Waals surface area (Å²) in [5, 5.41) is 13.3. The first-order valence-electron chi connectivity index (χ1n) is 6.74. The maximum atomic E-state index is 11.6. The molecule has 0 aromatic heterocycles. The molecule has 1 aromatic rings. The van der Waals surface area contributed by atoms with Crippen molar-refractivity contribution in [2.45, 2.75) is 31.3 Å². The number of benzene rings is 1. The Kier molecular flexibility index (Phi) is 7.78. The Morgan fingerprint density at radius 3 is 2.62 bits per heavy atom. The van der Waals surface area contributed by atoms with E-state index in [1.165, 1.54) is 23.9 Å². The lowest BCUT2D eigenvalue weighted by Crippen LogP contribution is -2.27. The van der Waals surface area contributed by atoms with Gasteiger partial charge in [-0.15, -0.1) is 11.8 Å². The molecule has 0 saturated carbocycles. The lowest BCUT2D eigenvalue weighted by atomic mass is 10.3. The zero-order valence-electron chi connectivity index (χ0n) is 12.2. The van der Waals surface area contributed by atoms with Crippen molar-refractivity contribution in [3.63, 3.8) is 0 Å². The van der Waals surface area contributed by atoms with Crippen LogP contribution in [-0.4, -0.2) is 35.8 Å². The first-order chi connectivity index (χ1) is 9.99. The summed E-state index contributed by atoms with van der Waals surface area (Å²) >= 11 is 1.35. The minimum Gasteiger partial charge on any atom is -0.379 e. The molecule has 0 aliphatic heterocycles. The van der Waals surface area contributed by atoms with Crippen LogP contribution in [0.2, 0.25) is 0 Å². The van der Waals surface area contributed by atoms with Gasteiger partial charge in [0.05, 0.1) is 16.8 Å². The molecule has 0 fully saturated rings. The molecule has 1 amide bonds. The van der Waals surface area contributed by atoms with E-state index in [4.69, 9.17) is 4.74 Å². The summed E-state index contributed by atoms with van der Waals surface area (Å²) in [7, 11) is 0. The van der Waals surface area contributed by atoms with Gasteiger partial charge in [0, 0.05) is 30.2 Å². The van der Waals surface area contributed by atoms with Crippen molar-refractivity contribution in [2.75, 3.05) is 18.9 Å². The summed E-state index contributed by atoms with van der Waals surface area (Å²) in [5.41, 5.74) is 0.0500. The minimum absolute atomic E-state index is 0.0500. The number of rotatable bonds is 9. The van der Waals surface area contributed by atoms with Crippen molar-refractivity contribution in [1.29, 1.82) is 0 Å². The molecule has 0 unspecified atom stereocenters. The van der Waals surface area contributed by atoms with Crippen LogP contribution in [-0.2, 0) is 9.53 Å². The third-order valence-corrected chi connectivity index (χ3v) is 3.52. The molecular weight excluding hydrogens is 292 g/mol. The maximum absolute atomic E-state index is 11.6. The third kappa shape index (κ3) is 7.67. The van der Waals surface area contributed by atoms with Gasteiger partial charge in [0.1, 0.15) is 0 Å². The van der Waals surface area contributed by atoms with Gasteiger partial charge in [0.2, 0.25) is 5.91 Å². The highest BCUT2D eigenvalue weighted by atomic mass is 32.2. The monoisotopic (exact) mass is 312 g/mol. The highest BCUT2D eigenvalue weighted by Crippen LogP contribution is 2.20. The van der Waals surface area contributed by atoms with Gasteiger partial charge < -0.3 is 10.1 Å². The summed E-state index contributed by atoms with van der Waals surface area (Å²) in [6, 6.07) is 6.16. The quantitative estimate of drug-likeness (QED) is 0.328. The average molecular weight is 312 g/mol. The van der Waals surface area contributed by atoms with Gasteiger partial charge >= 0.3 is 0 Å². The Labute approximate surface area is 128 Å². The van der Waals surface area contributed by atoms with Crippen LogP contribution >= 0.6 is 11.8 Å².